The molecule has 0 nitrogen and oxygen atoms in total. The van der Waals surface area contributed by atoms with Crippen molar-refractivity contribution in [1.29, 1.82) is 0 Å². The van der Waals surface area contributed by atoms with Gasteiger partial charge in [-0.25, -0.2) is 0 Å². The molecule has 0 unspecified atom stereocenters. The molecule has 1 aliphatic rings. The van der Waals surface area contributed by atoms with Gasteiger partial charge in [-0.3, -0.25) is 0 Å². The number of hydrogen-bond donors (Lipinski definition) is 0. The number of fused-ring (bicyclic) bond motifs is 1. The molecule has 0 N–H and O–H groups in total. The Labute approximate surface area is 143 Å². The van der Waals surface area contributed by atoms with Crippen LogP contribution in [0.5, 0.6) is 0 Å². The minimum absolute atomic E-state index is 0. The van der Waals surface area contributed by atoms with Gasteiger partial charge in [-0.1, -0.05) is 82.3 Å². The van der Waals surface area contributed by atoms with E-state index in [-0.39, 0.29) is 14.9 Å². The Balaban J connectivity index is 0.00000132. The van der Waals surface area contributed by atoms with Crippen LogP contribution in [0.4, 0.5) is 0 Å². The average Bonchev–Trinajstić information content (AvgIpc) is 2.68. The third kappa shape index (κ3) is 4.13. The largest absolute Gasteiger partial charge is 0.0776 e. The number of aryl methyl sites for hydroxylation is 2. The van der Waals surface area contributed by atoms with E-state index < -0.39 is 0 Å². The fraction of sp³-hybridized carbons (Fsp3) is 0.391. The summed E-state index contributed by atoms with van der Waals surface area (Å²) in [6.07, 6.45) is 6.06. The molecular weight excluding hydrogens is 276 g/mol. The molecular formula is C23H32. The summed E-state index contributed by atoms with van der Waals surface area (Å²) in [7, 11) is 0. The quantitative estimate of drug-likeness (QED) is 0.557. The van der Waals surface area contributed by atoms with Gasteiger partial charge in [0.05, 0.1) is 0 Å². The van der Waals surface area contributed by atoms with E-state index in [2.05, 4.69) is 62.4 Å². The minimum Gasteiger partial charge on any atom is -0.0776 e. The van der Waals surface area contributed by atoms with Crippen molar-refractivity contribution in [3.05, 3.63) is 70.8 Å². The van der Waals surface area contributed by atoms with Gasteiger partial charge in [-0.2, -0.15) is 0 Å². The molecule has 124 valence electrons. The maximum Gasteiger partial charge on any atom is -0.0189 e. The van der Waals surface area contributed by atoms with Crippen LogP contribution in [-0.4, -0.2) is 0 Å². The van der Waals surface area contributed by atoms with Crippen LogP contribution in [0.2, 0.25) is 0 Å². The van der Waals surface area contributed by atoms with Crippen molar-refractivity contribution in [3.8, 4) is 0 Å². The summed E-state index contributed by atoms with van der Waals surface area (Å²) in [6, 6.07) is 18.0. The Morgan fingerprint density at radius 2 is 1.65 bits per heavy atom. The first-order valence-electron chi connectivity index (χ1n) is 8.17. The van der Waals surface area contributed by atoms with Gasteiger partial charge in [0.25, 0.3) is 0 Å². The predicted molar refractivity (Wildman–Crippen MR) is 106 cm³/mol. The molecule has 0 saturated carbocycles. The first-order chi connectivity index (χ1) is 10.3. The standard InChI is InChI=1S/C21H24.2CH4/c1-3-8-21-19(17-9-5-4-6-10-17)12-7-11-18-15-16(2)13-14-20(18)21;;/h4-6,9-10,13-15H,3,7-8,11-12H2,1-2H3;2*1H4. The van der Waals surface area contributed by atoms with E-state index >= 15 is 0 Å². The molecule has 1 aliphatic carbocycles. The molecule has 0 heteroatoms. The van der Waals surface area contributed by atoms with Crippen molar-refractivity contribution in [2.45, 2.75) is 60.8 Å². The van der Waals surface area contributed by atoms with Crippen molar-refractivity contribution in [1.82, 2.24) is 0 Å². The first kappa shape index (κ1) is 19.2. The third-order valence-corrected chi connectivity index (χ3v) is 4.45. The Kier molecular flexibility index (Phi) is 7.29. The van der Waals surface area contributed by atoms with Crippen LogP contribution in [0.3, 0.4) is 0 Å². The maximum atomic E-state index is 2.39. The van der Waals surface area contributed by atoms with Crippen molar-refractivity contribution < 1.29 is 0 Å². The van der Waals surface area contributed by atoms with Gasteiger partial charge in [0.2, 0.25) is 0 Å². The Morgan fingerprint density at radius 1 is 0.913 bits per heavy atom. The van der Waals surface area contributed by atoms with E-state index in [0.29, 0.717) is 0 Å². The molecule has 0 aromatic heterocycles. The molecule has 0 heterocycles. The Bertz CT molecular complexity index is 647. The van der Waals surface area contributed by atoms with E-state index in [9.17, 15) is 0 Å². The van der Waals surface area contributed by atoms with Crippen molar-refractivity contribution in [2.75, 3.05) is 0 Å². The number of benzene rings is 2. The number of allylic oxidation sites excluding steroid dienone is 2. The average molecular weight is 309 g/mol. The summed E-state index contributed by atoms with van der Waals surface area (Å²) in [5, 5.41) is 0. The SMILES string of the molecule is C.C.CCCC1=C(c2ccccc2)CCCc2cc(C)ccc21. The van der Waals surface area contributed by atoms with E-state index in [1.54, 1.807) is 16.7 Å². The third-order valence-electron chi connectivity index (χ3n) is 4.45. The van der Waals surface area contributed by atoms with Crippen LogP contribution >= 0.6 is 0 Å². The second kappa shape index (κ2) is 8.72. The second-order valence-corrected chi connectivity index (χ2v) is 6.09. The van der Waals surface area contributed by atoms with Crippen LogP contribution in [-0.2, 0) is 6.42 Å². The zero-order valence-corrected chi connectivity index (χ0v) is 13.2. The second-order valence-electron chi connectivity index (χ2n) is 6.09. The monoisotopic (exact) mass is 308 g/mol. The Hall–Kier alpha value is -1.82. The zero-order valence-electron chi connectivity index (χ0n) is 13.2. The van der Waals surface area contributed by atoms with E-state index in [4.69, 9.17) is 0 Å². The van der Waals surface area contributed by atoms with Crippen molar-refractivity contribution in [3.63, 3.8) is 0 Å². The van der Waals surface area contributed by atoms with Gasteiger partial charge >= 0.3 is 0 Å². The maximum absolute atomic E-state index is 2.39. The Morgan fingerprint density at radius 3 is 2.35 bits per heavy atom. The molecule has 0 amide bonds. The number of hydrogen-bond acceptors (Lipinski definition) is 0. The number of rotatable bonds is 3. The topological polar surface area (TPSA) is 0 Å². The minimum atomic E-state index is 0. The zero-order chi connectivity index (χ0) is 14.7. The van der Waals surface area contributed by atoms with Crippen LogP contribution in [0.15, 0.2) is 48.5 Å². The molecule has 0 radical (unpaired) electrons. The van der Waals surface area contributed by atoms with E-state index in [1.807, 2.05) is 0 Å². The van der Waals surface area contributed by atoms with E-state index in [1.165, 1.54) is 48.8 Å². The van der Waals surface area contributed by atoms with Crippen molar-refractivity contribution >= 4 is 11.1 Å². The lowest BCUT2D eigenvalue weighted by Crippen LogP contribution is -1.94. The van der Waals surface area contributed by atoms with Gasteiger partial charge in [-0.15, -0.1) is 0 Å². The summed E-state index contributed by atoms with van der Waals surface area (Å²) in [4.78, 5) is 0. The molecule has 0 bridgehead atoms. The normalized spacial score (nSPS) is 13.5. The first-order valence-corrected chi connectivity index (χ1v) is 8.17. The summed E-state index contributed by atoms with van der Waals surface area (Å²) in [6.45, 7) is 4.49. The van der Waals surface area contributed by atoms with Crippen LogP contribution < -0.4 is 0 Å². The molecule has 0 fully saturated rings. The molecule has 2 aromatic rings. The highest BCUT2D eigenvalue weighted by Crippen LogP contribution is 2.38. The smallest absolute Gasteiger partial charge is 0.0189 e. The molecule has 0 atom stereocenters. The van der Waals surface area contributed by atoms with Crippen LogP contribution in [0.25, 0.3) is 11.1 Å². The van der Waals surface area contributed by atoms with Gasteiger partial charge in [0, 0.05) is 0 Å². The van der Waals surface area contributed by atoms with E-state index in [0.717, 1.165) is 0 Å². The van der Waals surface area contributed by atoms with Gasteiger partial charge < -0.3 is 0 Å². The highest BCUT2D eigenvalue weighted by Gasteiger charge is 2.17. The predicted octanol–water partition coefficient (Wildman–Crippen LogP) is 7.31. The summed E-state index contributed by atoms with van der Waals surface area (Å²) < 4.78 is 0. The van der Waals surface area contributed by atoms with Crippen molar-refractivity contribution in [2.24, 2.45) is 0 Å². The van der Waals surface area contributed by atoms with Crippen LogP contribution in [0, 0.1) is 6.92 Å². The lowest BCUT2D eigenvalue weighted by molar-refractivity contribution is 0.859. The summed E-state index contributed by atoms with van der Waals surface area (Å²) in [5.74, 6) is 0. The molecule has 0 aliphatic heterocycles. The molecule has 23 heavy (non-hydrogen) atoms. The summed E-state index contributed by atoms with van der Waals surface area (Å²) >= 11 is 0. The highest BCUT2D eigenvalue weighted by atomic mass is 14.2. The summed E-state index contributed by atoms with van der Waals surface area (Å²) in [5.41, 5.74) is 8.99. The van der Waals surface area contributed by atoms with Crippen LogP contribution in [0.1, 0.15) is 69.7 Å². The highest BCUT2D eigenvalue weighted by molar-refractivity contribution is 5.92. The lowest BCUT2D eigenvalue weighted by atomic mass is 9.89. The molecule has 3 rings (SSSR count). The fourth-order valence-electron chi connectivity index (χ4n) is 3.49. The fourth-order valence-corrected chi connectivity index (χ4v) is 3.49. The van der Waals surface area contributed by atoms with Gasteiger partial charge in [-0.05, 0) is 60.4 Å². The lowest BCUT2D eigenvalue weighted by Gasteiger charge is -2.15. The molecule has 0 spiro atoms. The molecule has 2 aromatic carbocycles. The molecule has 0 saturated heterocycles. The van der Waals surface area contributed by atoms with Gasteiger partial charge in [0.15, 0.2) is 0 Å². The van der Waals surface area contributed by atoms with Gasteiger partial charge in [0.1, 0.15) is 0 Å².